The average Bonchev–Trinajstić information content (AvgIpc) is 2.08. The molecule has 1 rings (SSSR count). The van der Waals surface area contributed by atoms with E-state index in [-0.39, 0.29) is 11.3 Å². The first kappa shape index (κ1) is 10.9. The number of carbonyl (C=O) groups excluding carboxylic acids is 1. The minimum Gasteiger partial charge on any atom is -0.508 e. The normalized spacial score (nSPS) is 11.4. The number of aromatic hydroxyl groups is 1. The smallest absolute Gasteiger partial charge is 0.324 e. The van der Waals surface area contributed by atoms with E-state index in [1.54, 1.807) is 0 Å². The Morgan fingerprint density at radius 1 is 1.36 bits per heavy atom. The molecule has 0 radical (unpaired) electrons. The zero-order valence-corrected chi connectivity index (χ0v) is 7.76. The SMILES string of the molecule is O=C(Cl)C(F)(F)Cc1ccc(O)cc1. The van der Waals surface area contributed by atoms with E-state index >= 15 is 0 Å². The Bertz CT molecular complexity index is 335. The van der Waals surface area contributed by atoms with Crippen LogP contribution in [0.25, 0.3) is 0 Å². The van der Waals surface area contributed by atoms with Gasteiger partial charge >= 0.3 is 5.92 Å². The Hall–Kier alpha value is -1.16. The van der Waals surface area contributed by atoms with Crippen LogP contribution in [0, 0.1) is 0 Å². The van der Waals surface area contributed by atoms with E-state index in [4.69, 9.17) is 16.7 Å². The van der Waals surface area contributed by atoms with Crippen molar-refractivity contribution in [3.8, 4) is 5.75 Å². The van der Waals surface area contributed by atoms with E-state index in [0.717, 1.165) is 0 Å². The van der Waals surface area contributed by atoms with Gasteiger partial charge in [-0.15, -0.1) is 0 Å². The standard InChI is InChI=1S/C9H7ClF2O2/c10-8(14)9(11,12)5-6-1-3-7(13)4-2-6/h1-4,13H,5H2. The molecule has 0 aromatic heterocycles. The molecule has 0 saturated carbocycles. The minimum absolute atomic E-state index is 0.0192. The van der Waals surface area contributed by atoms with E-state index in [9.17, 15) is 13.6 Å². The van der Waals surface area contributed by atoms with Crippen molar-refractivity contribution in [1.29, 1.82) is 0 Å². The van der Waals surface area contributed by atoms with Crippen LogP contribution in [0.5, 0.6) is 5.75 Å². The molecule has 0 bridgehead atoms. The summed E-state index contributed by atoms with van der Waals surface area (Å²) in [4.78, 5) is 10.3. The lowest BCUT2D eigenvalue weighted by Crippen LogP contribution is -2.26. The van der Waals surface area contributed by atoms with E-state index < -0.39 is 17.6 Å². The monoisotopic (exact) mass is 220 g/mol. The maximum atomic E-state index is 12.8. The number of carbonyl (C=O) groups is 1. The number of alkyl halides is 2. The fourth-order valence-corrected chi connectivity index (χ4v) is 1.01. The lowest BCUT2D eigenvalue weighted by Gasteiger charge is -2.10. The highest BCUT2D eigenvalue weighted by molar-refractivity contribution is 6.65. The van der Waals surface area contributed by atoms with Gasteiger partial charge in [-0.2, -0.15) is 8.78 Å². The summed E-state index contributed by atoms with van der Waals surface area (Å²) in [5.41, 5.74) is 0.238. The van der Waals surface area contributed by atoms with Gasteiger partial charge in [0.05, 0.1) is 0 Å². The summed E-state index contributed by atoms with van der Waals surface area (Å²) in [7, 11) is 0. The second-order valence-corrected chi connectivity index (χ2v) is 3.16. The summed E-state index contributed by atoms with van der Waals surface area (Å²) in [6, 6.07) is 5.15. The van der Waals surface area contributed by atoms with Crippen LogP contribution >= 0.6 is 11.6 Å². The Morgan fingerprint density at radius 2 is 1.86 bits per heavy atom. The largest absolute Gasteiger partial charge is 0.508 e. The summed E-state index contributed by atoms with van der Waals surface area (Å²) < 4.78 is 25.6. The Labute approximate surface area is 84.1 Å². The maximum absolute atomic E-state index is 12.8. The summed E-state index contributed by atoms with van der Waals surface area (Å²) in [6.07, 6.45) is -0.754. The lowest BCUT2D eigenvalue weighted by molar-refractivity contribution is -0.133. The van der Waals surface area contributed by atoms with Crippen molar-refractivity contribution in [2.24, 2.45) is 0 Å². The van der Waals surface area contributed by atoms with Gasteiger partial charge in [0.1, 0.15) is 5.75 Å². The van der Waals surface area contributed by atoms with Crippen LogP contribution in [0.1, 0.15) is 5.56 Å². The van der Waals surface area contributed by atoms with Crippen molar-refractivity contribution in [1.82, 2.24) is 0 Å². The highest BCUT2D eigenvalue weighted by Crippen LogP contribution is 2.23. The molecule has 0 fully saturated rings. The molecule has 14 heavy (non-hydrogen) atoms. The van der Waals surface area contributed by atoms with E-state index in [1.807, 2.05) is 0 Å². The lowest BCUT2D eigenvalue weighted by atomic mass is 10.1. The molecule has 1 N–H and O–H groups in total. The first-order valence-corrected chi connectivity index (χ1v) is 4.15. The van der Waals surface area contributed by atoms with Crippen molar-refractivity contribution in [3.05, 3.63) is 29.8 Å². The number of hydrogen-bond acceptors (Lipinski definition) is 2. The number of phenols is 1. The number of benzene rings is 1. The van der Waals surface area contributed by atoms with Gasteiger partial charge in [-0.3, -0.25) is 4.79 Å². The molecule has 0 unspecified atom stereocenters. The summed E-state index contributed by atoms with van der Waals surface area (Å²) in [6.45, 7) is 0. The molecule has 5 heteroatoms. The topological polar surface area (TPSA) is 37.3 Å². The molecule has 0 spiro atoms. The molecule has 0 saturated heterocycles. The fraction of sp³-hybridized carbons (Fsp3) is 0.222. The van der Waals surface area contributed by atoms with Crippen molar-refractivity contribution in [2.45, 2.75) is 12.3 Å². The van der Waals surface area contributed by atoms with Crippen molar-refractivity contribution in [3.63, 3.8) is 0 Å². The van der Waals surface area contributed by atoms with Crippen LogP contribution in [0.3, 0.4) is 0 Å². The van der Waals surface area contributed by atoms with Gasteiger partial charge in [0.2, 0.25) is 0 Å². The number of halogens is 3. The summed E-state index contributed by atoms with van der Waals surface area (Å²) in [5, 5.41) is 7.21. The number of hydrogen-bond donors (Lipinski definition) is 1. The summed E-state index contributed by atoms with van der Waals surface area (Å²) >= 11 is 4.71. The first-order valence-electron chi connectivity index (χ1n) is 3.77. The molecule has 0 aliphatic carbocycles. The number of phenolic OH excluding ortho intramolecular Hbond substituents is 1. The molecule has 1 aromatic carbocycles. The second kappa shape index (κ2) is 3.92. The van der Waals surface area contributed by atoms with Gasteiger partial charge in [-0.25, -0.2) is 0 Å². The zero-order chi connectivity index (χ0) is 10.8. The van der Waals surface area contributed by atoms with Gasteiger partial charge in [0, 0.05) is 6.42 Å². The van der Waals surface area contributed by atoms with Gasteiger partial charge in [0.15, 0.2) is 0 Å². The van der Waals surface area contributed by atoms with Crippen LogP contribution in [0.2, 0.25) is 0 Å². The third kappa shape index (κ3) is 2.67. The average molecular weight is 221 g/mol. The maximum Gasteiger partial charge on any atom is 0.324 e. The Balaban J connectivity index is 2.79. The van der Waals surface area contributed by atoms with Gasteiger partial charge in [-0.05, 0) is 29.3 Å². The number of rotatable bonds is 3. The quantitative estimate of drug-likeness (QED) is 0.794. The third-order valence-electron chi connectivity index (χ3n) is 1.65. The van der Waals surface area contributed by atoms with Crippen LogP contribution < -0.4 is 0 Å². The van der Waals surface area contributed by atoms with Crippen LogP contribution in [-0.4, -0.2) is 16.3 Å². The fourth-order valence-electron chi connectivity index (χ4n) is 0.940. The highest BCUT2D eigenvalue weighted by Gasteiger charge is 2.37. The molecule has 0 aliphatic rings. The van der Waals surface area contributed by atoms with Crippen LogP contribution in [-0.2, 0) is 11.2 Å². The molecular formula is C9H7ClF2O2. The Morgan fingerprint density at radius 3 is 2.29 bits per heavy atom. The third-order valence-corrected chi connectivity index (χ3v) is 1.93. The van der Waals surface area contributed by atoms with E-state index in [2.05, 4.69) is 0 Å². The van der Waals surface area contributed by atoms with Crippen LogP contribution in [0.15, 0.2) is 24.3 Å². The summed E-state index contributed by atoms with van der Waals surface area (Å²) in [5.74, 6) is -3.58. The highest BCUT2D eigenvalue weighted by atomic mass is 35.5. The molecule has 2 nitrogen and oxygen atoms in total. The van der Waals surface area contributed by atoms with Gasteiger partial charge in [-0.1, -0.05) is 12.1 Å². The van der Waals surface area contributed by atoms with Crippen LogP contribution in [0.4, 0.5) is 8.78 Å². The molecule has 0 amide bonds. The van der Waals surface area contributed by atoms with E-state index in [1.165, 1.54) is 24.3 Å². The minimum atomic E-state index is -3.56. The Kier molecular flexibility index (Phi) is 3.06. The first-order chi connectivity index (χ1) is 6.42. The van der Waals surface area contributed by atoms with Crippen molar-refractivity contribution < 1.29 is 18.7 Å². The molecule has 1 aromatic rings. The van der Waals surface area contributed by atoms with E-state index in [0.29, 0.717) is 0 Å². The predicted molar refractivity (Wildman–Crippen MR) is 47.6 cm³/mol. The second-order valence-electron chi connectivity index (χ2n) is 2.82. The molecule has 0 atom stereocenters. The van der Waals surface area contributed by atoms with Gasteiger partial charge in [0.25, 0.3) is 5.24 Å². The molecule has 76 valence electrons. The predicted octanol–water partition coefficient (Wildman–Crippen LogP) is 2.34. The molecular weight excluding hydrogens is 214 g/mol. The molecule has 0 heterocycles. The van der Waals surface area contributed by atoms with Crippen molar-refractivity contribution >= 4 is 16.8 Å². The zero-order valence-electron chi connectivity index (χ0n) is 7.01. The van der Waals surface area contributed by atoms with Crippen molar-refractivity contribution in [2.75, 3.05) is 0 Å². The molecule has 0 aliphatic heterocycles. The van der Waals surface area contributed by atoms with Gasteiger partial charge < -0.3 is 5.11 Å².